The van der Waals surface area contributed by atoms with Gasteiger partial charge in [-0.25, -0.2) is 9.38 Å². The Morgan fingerprint density at radius 1 is 0.861 bits per heavy atom. The van der Waals surface area contributed by atoms with E-state index in [1.165, 1.54) is 18.2 Å². The third kappa shape index (κ3) is 4.71. The smallest absolute Gasteiger partial charge is 0.368 e. The van der Waals surface area contributed by atoms with Gasteiger partial charge in [0.1, 0.15) is 5.82 Å². The third-order valence-electron chi connectivity index (χ3n) is 6.39. The number of halogens is 4. The molecular formula is C26H23F4N5O. The van der Waals surface area contributed by atoms with Crippen molar-refractivity contribution in [3.8, 4) is 0 Å². The fourth-order valence-electron chi connectivity index (χ4n) is 4.50. The van der Waals surface area contributed by atoms with E-state index in [-0.39, 0.29) is 12.4 Å². The van der Waals surface area contributed by atoms with Crippen LogP contribution in [0.4, 0.5) is 34.6 Å². The molecule has 0 aliphatic carbocycles. The standard InChI is InChI=1S/C26H23F4N5O/c27-20-5-7-21(8-6-20)33-10-12-34(13-11-33)25-32-23-9-4-17(24(31)36)14-18(23)16-35(25)22-3-1-2-19(15-22)26(28,29)30/h1-9,14-15H,10-13,16H2,(H2,31,36). The van der Waals surface area contributed by atoms with Crippen LogP contribution in [-0.4, -0.2) is 42.9 Å². The number of hydrogen-bond acceptors (Lipinski definition) is 5. The van der Waals surface area contributed by atoms with Crippen molar-refractivity contribution < 1.29 is 22.4 Å². The molecule has 1 fully saturated rings. The van der Waals surface area contributed by atoms with Crippen LogP contribution in [0.3, 0.4) is 0 Å². The van der Waals surface area contributed by atoms with E-state index in [1.54, 1.807) is 41.3 Å². The van der Waals surface area contributed by atoms with Crippen molar-refractivity contribution in [3.05, 3.63) is 89.2 Å². The number of guanidine groups is 1. The number of benzene rings is 3. The van der Waals surface area contributed by atoms with Gasteiger partial charge in [0.25, 0.3) is 0 Å². The maximum atomic E-state index is 13.5. The number of carbonyl (C=O) groups is 1. The quantitative estimate of drug-likeness (QED) is 0.530. The molecule has 3 aromatic carbocycles. The van der Waals surface area contributed by atoms with Crippen LogP contribution in [0.1, 0.15) is 21.5 Å². The highest BCUT2D eigenvalue weighted by Crippen LogP contribution is 2.35. The number of alkyl halides is 3. The Morgan fingerprint density at radius 2 is 1.56 bits per heavy atom. The molecule has 0 saturated carbocycles. The van der Waals surface area contributed by atoms with E-state index in [1.807, 2.05) is 4.90 Å². The molecule has 0 atom stereocenters. The largest absolute Gasteiger partial charge is 0.416 e. The number of carbonyl (C=O) groups excluding carboxylic acids is 1. The van der Waals surface area contributed by atoms with E-state index in [2.05, 4.69) is 4.90 Å². The van der Waals surface area contributed by atoms with Gasteiger partial charge in [0, 0.05) is 43.1 Å². The van der Waals surface area contributed by atoms with Gasteiger partial charge in [-0.05, 0) is 66.2 Å². The number of nitrogens with two attached hydrogens (primary N) is 1. The van der Waals surface area contributed by atoms with Crippen molar-refractivity contribution in [1.82, 2.24) is 4.90 Å². The Hall–Kier alpha value is -4.08. The van der Waals surface area contributed by atoms with Gasteiger partial charge in [0.15, 0.2) is 0 Å². The Balaban J connectivity index is 1.48. The van der Waals surface area contributed by atoms with Crippen LogP contribution in [-0.2, 0) is 12.7 Å². The lowest BCUT2D eigenvalue weighted by Crippen LogP contribution is -2.54. The topological polar surface area (TPSA) is 65.2 Å². The molecule has 3 aromatic rings. The summed E-state index contributed by atoms with van der Waals surface area (Å²) < 4.78 is 53.7. The first kappa shape index (κ1) is 23.7. The van der Waals surface area contributed by atoms with Crippen molar-refractivity contribution in [2.45, 2.75) is 12.7 Å². The summed E-state index contributed by atoms with van der Waals surface area (Å²) >= 11 is 0. The van der Waals surface area contributed by atoms with E-state index >= 15 is 0 Å². The van der Waals surface area contributed by atoms with Gasteiger partial charge in [-0.1, -0.05) is 6.07 Å². The molecule has 2 heterocycles. The predicted molar refractivity (Wildman–Crippen MR) is 130 cm³/mol. The van der Waals surface area contributed by atoms with E-state index in [0.29, 0.717) is 54.6 Å². The van der Waals surface area contributed by atoms with Gasteiger partial charge < -0.3 is 20.4 Å². The summed E-state index contributed by atoms with van der Waals surface area (Å²) in [6, 6.07) is 16.3. The molecular weight excluding hydrogens is 474 g/mol. The molecule has 186 valence electrons. The highest BCUT2D eigenvalue weighted by Gasteiger charge is 2.33. The molecule has 2 aliphatic rings. The minimum absolute atomic E-state index is 0.231. The number of fused-ring (bicyclic) bond motifs is 1. The number of rotatable bonds is 3. The second-order valence-electron chi connectivity index (χ2n) is 8.70. The lowest BCUT2D eigenvalue weighted by molar-refractivity contribution is -0.137. The molecule has 6 nitrogen and oxygen atoms in total. The fourth-order valence-corrected chi connectivity index (χ4v) is 4.50. The number of amides is 1. The average molecular weight is 497 g/mol. The highest BCUT2D eigenvalue weighted by molar-refractivity contribution is 6.00. The molecule has 2 N–H and O–H groups in total. The maximum Gasteiger partial charge on any atom is 0.416 e. The van der Waals surface area contributed by atoms with Crippen molar-refractivity contribution >= 4 is 28.9 Å². The van der Waals surface area contributed by atoms with Crippen LogP contribution in [0.2, 0.25) is 0 Å². The van der Waals surface area contributed by atoms with Crippen LogP contribution in [0, 0.1) is 5.82 Å². The lowest BCUT2D eigenvalue weighted by atomic mass is 10.1. The van der Waals surface area contributed by atoms with E-state index in [0.717, 1.165) is 17.8 Å². The van der Waals surface area contributed by atoms with E-state index < -0.39 is 17.6 Å². The molecule has 0 unspecified atom stereocenters. The van der Waals surface area contributed by atoms with Crippen LogP contribution < -0.4 is 15.5 Å². The molecule has 0 spiro atoms. The second-order valence-corrected chi connectivity index (χ2v) is 8.70. The number of hydrogen-bond donors (Lipinski definition) is 1. The average Bonchev–Trinajstić information content (AvgIpc) is 2.88. The molecule has 0 radical (unpaired) electrons. The Labute approximate surface area is 205 Å². The highest BCUT2D eigenvalue weighted by atomic mass is 19.4. The zero-order valence-electron chi connectivity index (χ0n) is 19.2. The van der Waals surface area contributed by atoms with Crippen molar-refractivity contribution in [3.63, 3.8) is 0 Å². The minimum Gasteiger partial charge on any atom is -0.368 e. The first-order chi connectivity index (χ1) is 17.2. The fraction of sp³-hybridized carbons (Fsp3) is 0.231. The summed E-state index contributed by atoms with van der Waals surface area (Å²) in [4.78, 5) is 22.4. The van der Waals surface area contributed by atoms with Gasteiger partial charge >= 0.3 is 6.18 Å². The molecule has 1 amide bonds. The van der Waals surface area contributed by atoms with Crippen LogP contribution in [0.15, 0.2) is 71.7 Å². The van der Waals surface area contributed by atoms with Gasteiger partial charge in [0.05, 0.1) is 17.8 Å². The van der Waals surface area contributed by atoms with Crippen LogP contribution >= 0.6 is 0 Å². The molecule has 0 bridgehead atoms. The summed E-state index contributed by atoms with van der Waals surface area (Å²) in [5.41, 5.74) is 7.56. The molecule has 10 heteroatoms. The van der Waals surface area contributed by atoms with Gasteiger partial charge in [-0.2, -0.15) is 13.2 Å². The monoisotopic (exact) mass is 497 g/mol. The first-order valence-corrected chi connectivity index (χ1v) is 11.4. The summed E-state index contributed by atoms with van der Waals surface area (Å²) in [5.74, 6) is -0.355. The summed E-state index contributed by atoms with van der Waals surface area (Å²) in [6.45, 7) is 2.64. The third-order valence-corrected chi connectivity index (χ3v) is 6.39. The van der Waals surface area contributed by atoms with Gasteiger partial charge in [-0.15, -0.1) is 0 Å². The van der Waals surface area contributed by atoms with E-state index in [4.69, 9.17) is 10.7 Å². The van der Waals surface area contributed by atoms with Crippen molar-refractivity contribution in [2.24, 2.45) is 10.7 Å². The van der Waals surface area contributed by atoms with Crippen LogP contribution in [0.5, 0.6) is 0 Å². The predicted octanol–water partition coefficient (Wildman–Crippen LogP) is 4.77. The molecule has 0 aromatic heterocycles. The maximum absolute atomic E-state index is 13.5. The normalized spacial score (nSPS) is 16.0. The molecule has 1 saturated heterocycles. The number of piperazine rings is 1. The van der Waals surface area contributed by atoms with Crippen LogP contribution in [0.25, 0.3) is 0 Å². The number of primary amides is 1. The molecule has 2 aliphatic heterocycles. The second kappa shape index (κ2) is 9.18. The Bertz CT molecular complexity index is 1310. The molecule has 36 heavy (non-hydrogen) atoms. The summed E-state index contributed by atoms with van der Waals surface area (Å²) in [7, 11) is 0. The minimum atomic E-state index is -4.49. The zero-order valence-corrected chi connectivity index (χ0v) is 19.2. The lowest BCUT2D eigenvalue weighted by Gasteiger charge is -2.42. The number of nitrogens with zero attached hydrogens (tertiary/aromatic N) is 4. The SMILES string of the molecule is NC(=O)c1ccc2c(c1)CN(c1cccc(C(F)(F)F)c1)C(N1CCN(c3ccc(F)cc3)CC1)=N2. The summed E-state index contributed by atoms with van der Waals surface area (Å²) in [5, 5.41) is 0. The van der Waals surface area contributed by atoms with Crippen molar-refractivity contribution in [2.75, 3.05) is 36.0 Å². The van der Waals surface area contributed by atoms with Gasteiger partial charge in [0.2, 0.25) is 11.9 Å². The summed E-state index contributed by atoms with van der Waals surface area (Å²) in [6.07, 6.45) is -4.49. The van der Waals surface area contributed by atoms with E-state index in [9.17, 15) is 22.4 Å². The molecule has 5 rings (SSSR count). The Kier molecular flexibility index (Phi) is 6.03. The zero-order chi connectivity index (χ0) is 25.4. The Morgan fingerprint density at radius 3 is 2.22 bits per heavy atom. The number of anilines is 2. The van der Waals surface area contributed by atoms with Gasteiger partial charge in [-0.3, -0.25) is 4.79 Å². The van der Waals surface area contributed by atoms with Crippen molar-refractivity contribution in [1.29, 1.82) is 0 Å². The number of aliphatic imine (C=N–C) groups is 1. The first-order valence-electron chi connectivity index (χ1n) is 11.4.